The topological polar surface area (TPSA) is 41.1 Å². The van der Waals surface area contributed by atoms with Gasteiger partial charge in [0.15, 0.2) is 0 Å². The molecule has 0 aromatic heterocycles. The first-order chi connectivity index (χ1) is 9.54. The summed E-state index contributed by atoms with van der Waals surface area (Å²) in [5.74, 6) is 0.0362. The number of benzene rings is 1. The van der Waals surface area contributed by atoms with Gasteiger partial charge in [-0.3, -0.25) is 4.79 Å². The van der Waals surface area contributed by atoms with Gasteiger partial charge in [0.1, 0.15) is 0 Å². The minimum Gasteiger partial charge on any atom is -0.385 e. The second kappa shape index (κ2) is 6.29. The zero-order chi connectivity index (χ0) is 14.6. The molecule has 20 heavy (non-hydrogen) atoms. The number of carbonyl (C=O) groups excluding carboxylic acids is 1. The molecular weight excluding hydrogens is 248 g/mol. The van der Waals surface area contributed by atoms with E-state index in [1.807, 2.05) is 32.0 Å². The van der Waals surface area contributed by atoms with E-state index in [9.17, 15) is 4.79 Å². The summed E-state index contributed by atoms with van der Waals surface area (Å²) < 4.78 is 0. The molecule has 0 saturated heterocycles. The minimum atomic E-state index is 0.0362. The Morgan fingerprint density at radius 2 is 2.00 bits per heavy atom. The molecule has 0 bridgehead atoms. The van der Waals surface area contributed by atoms with Crippen LogP contribution >= 0.6 is 0 Å². The lowest BCUT2D eigenvalue weighted by Crippen LogP contribution is -2.34. The maximum absolute atomic E-state index is 12.4. The third-order valence-corrected chi connectivity index (χ3v) is 4.27. The van der Waals surface area contributed by atoms with E-state index in [0.717, 1.165) is 24.3 Å². The highest BCUT2D eigenvalue weighted by molar-refractivity contribution is 5.99. The van der Waals surface area contributed by atoms with Gasteiger partial charge in [-0.15, -0.1) is 0 Å². The van der Waals surface area contributed by atoms with Crippen molar-refractivity contribution in [3.8, 4) is 0 Å². The molecule has 2 N–H and O–H groups in total. The van der Waals surface area contributed by atoms with Gasteiger partial charge in [-0.1, -0.05) is 25.8 Å². The summed E-state index contributed by atoms with van der Waals surface area (Å²) >= 11 is 0. The standard InChI is InChI=1S/C17H26N2O/c1-4-18-15-11-13(2)7-8-14(15)16(20)19-12-17(3)9-5-6-10-17/h7-8,11,18H,4-6,9-10,12H2,1-3H3,(H,19,20). The zero-order valence-corrected chi connectivity index (χ0v) is 12.9. The number of rotatable bonds is 5. The van der Waals surface area contributed by atoms with Crippen LogP contribution in [0.15, 0.2) is 18.2 Å². The van der Waals surface area contributed by atoms with Crippen molar-refractivity contribution in [2.45, 2.75) is 46.5 Å². The molecule has 110 valence electrons. The van der Waals surface area contributed by atoms with Crippen molar-refractivity contribution in [2.24, 2.45) is 5.41 Å². The van der Waals surface area contributed by atoms with E-state index in [1.165, 1.54) is 31.2 Å². The lowest BCUT2D eigenvalue weighted by Gasteiger charge is -2.24. The number of aryl methyl sites for hydroxylation is 1. The first-order valence-corrected chi connectivity index (χ1v) is 7.67. The van der Waals surface area contributed by atoms with Gasteiger partial charge in [0.25, 0.3) is 5.91 Å². The van der Waals surface area contributed by atoms with E-state index >= 15 is 0 Å². The lowest BCUT2D eigenvalue weighted by atomic mass is 9.89. The molecule has 3 nitrogen and oxygen atoms in total. The molecule has 1 aliphatic carbocycles. The average Bonchev–Trinajstić information content (AvgIpc) is 2.84. The molecule has 1 aliphatic rings. The van der Waals surface area contributed by atoms with Crippen molar-refractivity contribution >= 4 is 11.6 Å². The number of anilines is 1. The van der Waals surface area contributed by atoms with E-state index in [4.69, 9.17) is 0 Å². The van der Waals surface area contributed by atoms with Crippen LogP contribution in [-0.4, -0.2) is 19.0 Å². The van der Waals surface area contributed by atoms with E-state index in [2.05, 4.69) is 17.6 Å². The summed E-state index contributed by atoms with van der Waals surface area (Å²) in [6.07, 6.45) is 5.03. The van der Waals surface area contributed by atoms with E-state index in [0.29, 0.717) is 5.41 Å². The summed E-state index contributed by atoms with van der Waals surface area (Å²) in [6, 6.07) is 5.95. The van der Waals surface area contributed by atoms with Crippen molar-refractivity contribution < 1.29 is 4.79 Å². The monoisotopic (exact) mass is 274 g/mol. The third-order valence-electron chi connectivity index (χ3n) is 4.27. The molecule has 0 radical (unpaired) electrons. The molecule has 1 amide bonds. The van der Waals surface area contributed by atoms with Gasteiger partial charge in [0, 0.05) is 18.8 Å². The Morgan fingerprint density at radius 1 is 1.30 bits per heavy atom. The highest BCUT2D eigenvalue weighted by atomic mass is 16.1. The highest BCUT2D eigenvalue weighted by Gasteiger charge is 2.29. The Morgan fingerprint density at radius 3 is 2.65 bits per heavy atom. The van der Waals surface area contributed by atoms with Crippen LogP contribution < -0.4 is 10.6 Å². The number of hydrogen-bond donors (Lipinski definition) is 2. The Balaban J connectivity index is 2.05. The predicted octanol–water partition coefficient (Wildman–Crippen LogP) is 3.74. The molecule has 0 atom stereocenters. The van der Waals surface area contributed by atoms with E-state index in [1.54, 1.807) is 0 Å². The molecule has 0 aliphatic heterocycles. The SMILES string of the molecule is CCNc1cc(C)ccc1C(=O)NCC1(C)CCCC1. The van der Waals surface area contributed by atoms with Crippen molar-refractivity contribution in [2.75, 3.05) is 18.4 Å². The maximum Gasteiger partial charge on any atom is 0.253 e. The van der Waals surface area contributed by atoms with Gasteiger partial charge in [-0.2, -0.15) is 0 Å². The molecule has 3 heteroatoms. The van der Waals surface area contributed by atoms with E-state index in [-0.39, 0.29) is 5.91 Å². The van der Waals surface area contributed by atoms with Gasteiger partial charge >= 0.3 is 0 Å². The Bertz CT molecular complexity index is 476. The number of amides is 1. The lowest BCUT2D eigenvalue weighted by molar-refractivity contribution is 0.0935. The molecule has 1 aromatic rings. The zero-order valence-electron chi connectivity index (χ0n) is 12.9. The minimum absolute atomic E-state index is 0.0362. The highest BCUT2D eigenvalue weighted by Crippen LogP contribution is 2.36. The van der Waals surface area contributed by atoms with Gasteiger partial charge in [-0.25, -0.2) is 0 Å². The van der Waals surface area contributed by atoms with Crippen LogP contribution in [-0.2, 0) is 0 Å². The van der Waals surface area contributed by atoms with Crippen molar-refractivity contribution in [3.63, 3.8) is 0 Å². The van der Waals surface area contributed by atoms with Crippen LogP contribution in [0, 0.1) is 12.3 Å². The molecule has 0 heterocycles. The van der Waals surface area contributed by atoms with Gasteiger partial charge in [-0.05, 0) is 49.8 Å². The fourth-order valence-corrected chi connectivity index (χ4v) is 2.99. The normalized spacial score (nSPS) is 16.9. The molecule has 1 saturated carbocycles. The van der Waals surface area contributed by atoms with Crippen molar-refractivity contribution in [1.82, 2.24) is 5.32 Å². The summed E-state index contributed by atoms with van der Waals surface area (Å²) in [6.45, 7) is 7.97. The summed E-state index contributed by atoms with van der Waals surface area (Å²) in [5, 5.41) is 6.40. The molecule has 2 rings (SSSR count). The first kappa shape index (κ1) is 14.9. The molecule has 1 aromatic carbocycles. The Labute approximate surface area is 122 Å². The molecular formula is C17H26N2O. The fraction of sp³-hybridized carbons (Fsp3) is 0.588. The number of hydrogen-bond acceptors (Lipinski definition) is 2. The van der Waals surface area contributed by atoms with Gasteiger partial charge < -0.3 is 10.6 Å². The number of nitrogens with one attached hydrogen (secondary N) is 2. The fourth-order valence-electron chi connectivity index (χ4n) is 2.99. The van der Waals surface area contributed by atoms with Crippen molar-refractivity contribution in [3.05, 3.63) is 29.3 Å². The van der Waals surface area contributed by atoms with Crippen LogP contribution in [0.2, 0.25) is 0 Å². The summed E-state index contributed by atoms with van der Waals surface area (Å²) in [4.78, 5) is 12.4. The largest absolute Gasteiger partial charge is 0.385 e. The second-order valence-corrected chi connectivity index (χ2v) is 6.28. The molecule has 1 fully saturated rings. The number of carbonyl (C=O) groups is 1. The van der Waals surface area contributed by atoms with Crippen LogP contribution in [0.4, 0.5) is 5.69 Å². The van der Waals surface area contributed by atoms with Crippen LogP contribution in [0.3, 0.4) is 0 Å². The van der Waals surface area contributed by atoms with Crippen LogP contribution in [0.5, 0.6) is 0 Å². The van der Waals surface area contributed by atoms with Gasteiger partial charge in [0.05, 0.1) is 5.56 Å². The Hall–Kier alpha value is -1.51. The average molecular weight is 274 g/mol. The second-order valence-electron chi connectivity index (χ2n) is 6.28. The quantitative estimate of drug-likeness (QED) is 0.859. The molecule has 0 spiro atoms. The summed E-state index contributed by atoms with van der Waals surface area (Å²) in [7, 11) is 0. The summed E-state index contributed by atoms with van der Waals surface area (Å²) in [5.41, 5.74) is 3.14. The van der Waals surface area contributed by atoms with Crippen LogP contribution in [0.1, 0.15) is 55.5 Å². The smallest absolute Gasteiger partial charge is 0.253 e. The molecule has 0 unspecified atom stereocenters. The third kappa shape index (κ3) is 3.53. The van der Waals surface area contributed by atoms with Crippen molar-refractivity contribution in [1.29, 1.82) is 0 Å². The predicted molar refractivity (Wildman–Crippen MR) is 84.3 cm³/mol. The van der Waals surface area contributed by atoms with Crippen LogP contribution in [0.25, 0.3) is 0 Å². The maximum atomic E-state index is 12.4. The van der Waals surface area contributed by atoms with E-state index < -0.39 is 0 Å². The Kier molecular flexibility index (Phi) is 4.69. The first-order valence-electron chi connectivity index (χ1n) is 7.67. The van der Waals surface area contributed by atoms with Gasteiger partial charge in [0.2, 0.25) is 0 Å².